The van der Waals surface area contributed by atoms with Crippen LogP contribution in [0, 0.1) is 0 Å². The number of aromatic nitrogens is 2. The summed E-state index contributed by atoms with van der Waals surface area (Å²) in [6, 6.07) is 8.50. The van der Waals surface area contributed by atoms with E-state index in [0.29, 0.717) is 44.5 Å². The van der Waals surface area contributed by atoms with Crippen LogP contribution >= 0.6 is 11.3 Å². The van der Waals surface area contributed by atoms with Gasteiger partial charge in [-0.1, -0.05) is 11.3 Å². The Labute approximate surface area is 177 Å². The molecular formula is C20H21N3O6S. The highest BCUT2D eigenvalue weighted by molar-refractivity contribution is 7.18. The quantitative estimate of drug-likeness (QED) is 0.578. The molecule has 9 nitrogen and oxygen atoms in total. The first kappa shape index (κ1) is 21.2. The van der Waals surface area contributed by atoms with Crippen molar-refractivity contribution in [1.82, 2.24) is 10.2 Å². The van der Waals surface area contributed by atoms with Crippen molar-refractivity contribution in [2.45, 2.75) is 0 Å². The minimum absolute atomic E-state index is 0.322. The van der Waals surface area contributed by atoms with Gasteiger partial charge in [0.15, 0.2) is 16.5 Å². The van der Waals surface area contributed by atoms with Crippen molar-refractivity contribution < 1.29 is 28.5 Å². The van der Waals surface area contributed by atoms with Crippen molar-refractivity contribution in [2.24, 2.45) is 0 Å². The lowest BCUT2D eigenvalue weighted by Crippen LogP contribution is -2.12. The largest absolute Gasteiger partial charge is 0.497 e. The monoisotopic (exact) mass is 431 g/mol. The zero-order valence-corrected chi connectivity index (χ0v) is 18.0. The highest BCUT2D eigenvalue weighted by Crippen LogP contribution is 2.39. The molecule has 0 aliphatic rings. The molecule has 0 atom stereocenters. The average molecular weight is 431 g/mol. The number of nitrogens with zero attached hydrogens (tertiary/aromatic N) is 2. The number of carbonyl (C=O) groups is 1. The van der Waals surface area contributed by atoms with Crippen molar-refractivity contribution >= 4 is 22.4 Å². The minimum atomic E-state index is -0.390. The Morgan fingerprint density at radius 1 is 0.833 bits per heavy atom. The number of nitrogens with one attached hydrogen (secondary N) is 1. The topological polar surface area (TPSA) is 101 Å². The van der Waals surface area contributed by atoms with Crippen LogP contribution in [0.5, 0.6) is 28.7 Å². The smallest absolute Gasteiger partial charge is 0.257 e. The van der Waals surface area contributed by atoms with Gasteiger partial charge in [0.2, 0.25) is 10.9 Å². The first-order valence-corrected chi connectivity index (χ1v) is 9.53. The van der Waals surface area contributed by atoms with Crippen LogP contribution in [0.2, 0.25) is 0 Å². The molecule has 1 aromatic heterocycles. The van der Waals surface area contributed by atoms with Crippen LogP contribution in [0.3, 0.4) is 0 Å². The third-order valence-corrected chi connectivity index (χ3v) is 5.08. The minimum Gasteiger partial charge on any atom is -0.497 e. The van der Waals surface area contributed by atoms with Gasteiger partial charge < -0.3 is 23.7 Å². The summed E-state index contributed by atoms with van der Waals surface area (Å²) in [7, 11) is 7.61. The first-order chi connectivity index (χ1) is 14.5. The summed E-state index contributed by atoms with van der Waals surface area (Å²) in [5.74, 6) is 2.02. The fourth-order valence-corrected chi connectivity index (χ4v) is 3.51. The van der Waals surface area contributed by atoms with E-state index >= 15 is 0 Å². The predicted octanol–water partition coefficient (Wildman–Crippen LogP) is 3.50. The number of ether oxygens (including phenoxy) is 5. The molecule has 10 heteroatoms. The fraction of sp³-hybridized carbons (Fsp3) is 0.250. The molecule has 0 saturated heterocycles. The fourth-order valence-electron chi connectivity index (χ4n) is 2.74. The Balaban J connectivity index is 1.85. The highest BCUT2D eigenvalue weighted by Gasteiger charge is 2.19. The lowest BCUT2D eigenvalue weighted by Gasteiger charge is -2.13. The molecule has 30 heavy (non-hydrogen) atoms. The molecule has 0 bridgehead atoms. The lowest BCUT2D eigenvalue weighted by atomic mass is 10.1. The average Bonchev–Trinajstić information content (AvgIpc) is 3.25. The Hall–Kier alpha value is -3.53. The summed E-state index contributed by atoms with van der Waals surface area (Å²) in [6.07, 6.45) is 0. The third kappa shape index (κ3) is 4.23. The van der Waals surface area contributed by atoms with Crippen LogP contribution in [0.1, 0.15) is 10.4 Å². The molecule has 1 heterocycles. The summed E-state index contributed by atoms with van der Waals surface area (Å²) in [4.78, 5) is 12.7. The molecular weight excluding hydrogens is 410 g/mol. The van der Waals surface area contributed by atoms with Gasteiger partial charge in [-0.2, -0.15) is 0 Å². The summed E-state index contributed by atoms with van der Waals surface area (Å²) in [5.41, 5.74) is 1.06. The maximum atomic E-state index is 12.7. The van der Waals surface area contributed by atoms with Gasteiger partial charge in [0.1, 0.15) is 11.5 Å². The zero-order valence-electron chi connectivity index (χ0n) is 17.1. The molecule has 0 aliphatic carbocycles. The van der Waals surface area contributed by atoms with E-state index in [9.17, 15) is 4.79 Å². The van der Waals surface area contributed by atoms with E-state index in [1.54, 1.807) is 38.5 Å². The number of anilines is 1. The van der Waals surface area contributed by atoms with E-state index < -0.39 is 5.91 Å². The normalized spacial score (nSPS) is 10.3. The van der Waals surface area contributed by atoms with Gasteiger partial charge in [-0.05, 0) is 24.3 Å². The van der Waals surface area contributed by atoms with Gasteiger partial charge in [-0.15, -0.1) is 10.2 Å². The van der Waals surface area contributed by atoms with Gasteiger partial charge in [-0.3, -0.25) is 10.1 Å². The Morgan fingerprint density at radius 2 is 1.50 bits per heavy atom. The number of methoxy groups -OCH3 is 5. The predicted molar refractivity (Wildman–Crippen MR) is 113 cm³/mol. The van der Waals surface area contributed by atoms with Crippen LogP contribution in [0.15, 0.2) is 30.3 Å². The number of hydrogen-bond donors (Lipinski definition) is 1. The molecule has 0 fully saturated rings. The molecule has 3 aromatic rings. The van der Waals surface area contributed by atoms with E-state index in [1.807, 2.05) is 6.07 Å². The molecule has 158 valence electrons. The highest BCUT2D eigenvalue weighted by atomic mass is 32.1. The zero-order chi connectivity index (χ0) is 21.7. The van der Waals surface area contributed by atoms with Gasteiger partial charge in [0.25, 0.3) is 5.91 Å². The summed E-state index contributed by atoms with van der Waals surface area (Å²) >= 11 is 1.22. The number of hydrogen-bond acceptors (Lipinski definition) is 9. The van der Waals surface area contributed by atoms with Gasteiger partial charge in [0.05, 0.1) is 41.1 Å². The molecule has 0 radical (unpaired) electrons. The van der Waals surface area contributed by atoms with Crippen molar-refractivity contribution in [2.75, 3.05) is 40.9 Å². The van der Waals surface area contributed by atoms with Crippen LogP contribution in [0.25, 0.3) is 10.6 Å². The van der Waals surface area contributed by atoms with Crippen molar-refractivity contribution in [1.29, 1.82) is 0 Å². The molecule has 0 saturated carbocycles. The van der Waals surface area contributed by atoms with Crippen LogP contribution in [-0.4, -0.2) is 51.7 Å². The Morgan fingerprint density at radius 3 is 2.07 bits per heavy atom. The lowest BCUT2D eigenvalue weighted by molar-refractivity contribution is 0.102. The van der Waals surface area contributed by atoms with Crippen LogP contribution in [-0.2, 0) is 0 Å². The van der Waals surface area contributed by atoms with Crippen molar-refractivity contribution in [3.63, 3.8) is 0 Å². The Kier molecular flexibility index (Phi) is 6.58. The second-order valence-electron chi connectivity index (χ2n) is 5.85. The summed E-state index contributed by atoms with van der Waals surface area (Å²) in [6.45, 7) is 0. The van der Waals surface area contributed by atoms with Crippen LogP contribution < -0.4 is 29.0 Å². The molecule has 0 unspecified atom stereocenters. The van der Waals surface area contributed by atoms with Crippen molar-refractivity contribution in [3.05, 3.63) is 35.9 Å². The van der Waals surface area contributed by atoms with E-state index in [2.05, 4.69) is 15.5 Å². The van der Waals surface area contributed by atoms with E-state index in [-0.39, 0.29) is 0 Å². The number of carbonyl (C=O) groups excluding carboxylic acids is 1. The number of benzene rings is 2. The standard InChI is InChI=1S/C20H21N3O6S/c1-25-12-6-7-13(14(10-12)26-2)19-22-23-20(30-19)21-18(24)11-8-15(27-3)17(29-5)16(9-11)28-4/h6-10H,1-5H3,(H,21,23,24). The van der Waals surface area contributed by atoms with Crippen molar-refractivity contribution in [3.8, 4) is 39.3 Å². The first-order valence-electron chi connectivity index (χ1n) is 8.71. The Bertz CT molecular complexity index is 1030. The second-order valence-corrected chi connectivity index (χ2v) is 6.82. The number of rotatable bonds is 8. The van der Waals surface area contributed by atoms with Crippen LogP contribution in [0.4, 0.5) is 5.13 Å². The van der Waals surface area contributed by atoms with E-state index in [1.165, 1.54) is 32.7 Å². The summed E-state index contributed by atoms with van der Waals surface area (Å²) < 4.78 is 26.5. The molecule has 0 spiro atoms. The molecule has 1 amide bonds. The molecule has 2 aromatic carbocycles. The maximum Gasteiger partial charge on any atom is 0.257 e. The van der Waals surface area contributed by atoms with Gasteiger partial charge >= 0.3 is 0 Å². The third-order valence-electron chi connectivity index (χ3n) is 4.21. The van der Waals surface area contributed by atoms with Gasteiger partial charge in [-0.25, -0.2) is 0 Å². The molecule has 1 N–H and O–H groups in total. The second kappa shape index (κ2) is 9.31. The van der Waals surface area contributed by atoms with E-state index in [0.717, 1.165) is 5.56 Å². The maximum absolute atomic E-state index is 12.7. The molecule has 3 rings (SSSR count). The van der Waals surface area contributed by atoms with Gasteiger partial charge in [0, 0.05) is 11.6 Å². The number of amides is 1. The van der Waals surface area contributed by atoms with E-state index in [4.69, 9.17) is 23.7 Å². The summed E-state index contributed by atoms with van der Waals surface area (Å²) in [5, 5.41) is 11.9. The molecule has 0 aliphatic heterocycles. The SMILES string of the molecule is COc1ccc(-c2nnc(NC(=O)c3cc(OC)c(OC)c(OC)c3)s2)c(OC)c1.